The summed E-state index contributed by atoms with van der Waals surface area (Å²) < 4.78 is 5.15. The predicted octanol–water partition coefficient (Wildman–Crippen LogP) is 2.66. The van der Waals surface area contributed by atoms with E-state index in [1.165, 1.54) is 0 Å². The van der Waals surface area contributed by atoms with E-state index in [0.717, 1.165) is 11.3 Å². The van der Waals surface area contributed by atoms with Crippen molar-refractivity contribution in [2.24, 2.45) is 0 Å². The number of benzene rings is 1. The normalized spacial score (nSPS) is 9.95. The minimum atomic E-state index is -0.0403. The monoisotopic (exact) mass is 256 g/mol. The summed E-state index contributed by atoms with van der Waals surface area (Å²) in [5.41, 5.74) is 1.08. The highest BCUT2D eigenvalue weighted by Crippen LogP contribution is 2.14. The number of aromatic nitrogens is 1. The lowest BCUT2D eigenvalue weighted by Gasteiger charge is -2.05. The van der Waals surface area contributed by atoms with Crippen molar-refractivity contribution in [3.63, 3.8) is 0 Å². The van der Waals surface area contributed by atoms with Gasteiger partial charge in [0.1, 0.15) is 11.6 Å². The van der Waals surface area contributed by atoms with E-state index in [1.54, 1.807) is 19.4 Å². The Kier molecular flexibility index (Phi) is 4.50. The molecule has 0 fully saturated rings. The predicted molar refractivity (Wildman–Crippen MR) is 74.2 cm³/mol. The second-order valence-electron chi connectivity index (χ2n) is 4.11. The van der Waals surface area contributed by atoms with Gasteiger partial charge in [-0.3, -0.25) is 4.79 Å². The number of hydrogen-bond donors (Lipinski definition) is 1. The first-order valence-corrected chi connectivity index (χ1v) is 6.12. The molecule has 0 saturated heterocycles. The number of anilines is 1. The van der Waals surface area contributed by atoms with E-state index < -0.39 is 0 Å². The maximum atomic E-state index is 11.8. The van der Waals surface area contributed by atoms with E-state index >= 15 is 0 Å². The van der Waals surface area contributed by atoms with Crippen LogP contribution in [0, 0.1) is 0 Å². The Labute approximate surface area is 112 Å². The summed E-state index contributed by atoms with van der Waals surface area (Å²) in [5, 5.41) is 2.76. The average Bonchev–Trinajstić information content (AvgIpc) is 2.46. The molecule has 1 aromatic carbocycles. The van der Waals surface area contributed by atoms with Crippen LogP contribution in [0.2, 0.25) is 0 Å². The van der Waals surface area contributed by atoms with Crippen molar-refractivity contribution in [3.05, 3.63) is 54.2 Å². The van der Waals surface area contributed by atoms with E-state index in [4.69, 9.17) is 4.74 Å². The third kappa shape index (κ3) is 4.10. The van der Waals surface area contributed by atoms with Gasteiger partial charge in [0.2, 0.25) is 5.91 Å². The van der Waals surface area contributed by atoms with E-state index in [-0.39, 0.29) is 5.91 Å². The van der Waals surface area contributed by atoms with Crippen molar-refractivity contribution < 1.29 is 9.53 Å². The topological polar surface area (TPSA) is 51.2 Å². The number of carbonyl (C=O) groups is 1. The zero-order chi connectivity index (χ0) is 13.5. The first-order chi connectivity index (χ1) is 9.28. The van der Waals surface area contributed by atoms with Crippen LogP contribution in [-0.2, 0) is 11.2 Å². The summed E-state index contributed by atoms with van der Waals surface area (Å²) >= 11 is 0. The van der Waals surface area contributed by atoms with Gasteiger partial charge in [0.15, 0.2) is 0 Å². The number of amides is 1. The summed E-state index contributed by atoms with van der Waals surface area (Å²) in [6.07, 6.45) is 2.75. The molecule has 0 saturated carbocycles. The number of methoxy groups -OCH3 is 1. The van der Waals surface area contributed by atoms with Crippen LogP contribution in [-0.4, -0.2) is 18.0 Å². The maximum absolute atomic E-state index is 11.8. The van der Waals surface area contributed by atoms with Gasteiger partial charge < -0.3 is 10.1 Å². The van der Waals surface area contributed by atoms with Crippen molar-refractivity contribution in [3.8, 4) is 5.75 Å². The number of nitrogens with zero attached hydrogens (tertiary/aromatic N) is 1. The lowest BCUT2D eigenvalue weighted by molar-refractivity contribution is -0.116. The summed E-state index contributed by atoms with van der Waals surface area (Å²) in [4.78, 5) is 15.8. The molecule has 0 radical (unpaired) electrons. The van der Waals surface area contributed by atoms with Gasteiger partial charge in [-0.2, -0.15) is 0 Å². The maximum Gasteiger partial charge on any atom is 0.225 e. The Morgan fingerprint density at radius 1 is 1.26 bits per heavy atom. The van der Waals surface area contributed by atoms with Gasteiger partial charge in [0.25, 0.3) is 0 Å². The molecule has 4 heteroatoms. The Hall–Kier alpha value is -2.36. The molecular weight excluding hydrogens is 240 g/mol. The van der Waals surface area contributed by atoms with Crippen LogP contribution in [0.3, 0.4) is 0 Å². The van der Waals surface area contributed by atoms with E-state index in [9.17, 15) is 4.79 Å². The first kappa shape index (κ1) is 13.1. The molecule has 0 spiro atoms. The molecule has 0 aliphatic heterocycles. The lowest BCUT2D eigenvalue weighted by atomic mass is 10.1. The number of rotatable bonds is 5. The average molecular weight is 256 g/mol. The number of aryl methyl sites for hydroxylation is 1. The van der Waals surface area contributed by atoms with Gasteiger partial charge in [-0.15, -0.1) is 0 Å². The van der Waals surface area contributed by atoms with Crippen molar-refractivity contribution in [1.82, 2.24) is 4.98 Å². The summed E-state index contributed by atoms with van der Waals surface area (Å²) in [5.74, 6) is 1.35. The highest BCUT2D eigenvalue weighted by Gasteiger charge is 2.04. The Morgan fingerprint density at radius 2 is 2.16 bits per heavy atom. The van der Waals surface area contributed by atoms with E-state index in [2.05, 4.69) is 10.3 Å². The molecule has 1 N–H and O–H groups in total. The molecule has 1 amide bonds. The van der Waals surface area contributed by atoms with Gasteiger partial charge in [-0.05, 0) is 36.2 Å². The molecule has 1 heterocycles. The van der Waals surface area contributed by atoms with Crippen molar-refractivity contribution >= 4 is 11.7 Å². The van der Waals surface area contributed by atoms with Crippen molar-refractivity contribution in [2.75, 3.05) is 12.4 Å². The van der Waals surface area contributed by atoms with Crippen LogP contribution < -0.4 is 10.1 Å². The lowest BCUT2D eigenvalue weighted by Crippen LogP contribution is -2.13. The molecule has 0 unspecified atom stereocenters. The Bertz CT molecular complexity index is 541. The van der Waals surface area contributed by atoms with Gasteiger partial charge in [-0.1, -0.05) is 18.2 Å². The molecule has 0 aliphatic rings. The zero-order valence-electron chi connectivity index (χ0n) is 10.8. The van der Waals surface area contributed by atoms with E-state index in [1.807, 2.05) is 36.4 Å². The van der Waals surface area contributed by atoms with Crippen molar-refractivity contribution in [2.45, 2.75) is 12.8 Å². The molecule has 0 bridgehead atoms. The van der Waals surface area contributed by atoms with Crippen molar-refractivity contribution in [1.29, 1.82) is 0 Å². The quantitative estimate of drug-likeness (QED) is 0.894. The second-order valence-corrected chi connectivity index (χ2v) is 4.11. The smallest absolute Gasteiger partial charge is 0.225 e. The fourth-order valence-electron chi connectivity index (χ4n) is 1.73. The number of carbonyl (C=O) groups excluding carboxylic acids is 1. The molecule has 0 aliphatic carbocycles. The van der Waals surface area contributed by atoms with Gasteiger partial charge in [0, 0.05) is 12.6 Å². The molecule has 0 atom stereocenters. The molecule has 4 nitrogen and oxygen atoms in total. The minimum absolute atomic E-state index is 0.0403. The molecule has 2 aromatic rings. The summed E-state index contributed by atoms with van der Waals surface area (Å²) in [6, 6.07) is 13.1. The third-order valence-electron chi connectivity index (χ3n) is 2.71. The Balaban J connectivity index is 1.86. The minimum Gasteiger partial charge on any atom is -0.497 e. The molecule has 19 heavy (non-hydrogen) atoms. The largest absolute Gasteiger partial charge is 0.497 e. The van der Waals surface area contributed by atoms with Gasteiger partial charge >= 0.3 is 0 Å². The van der Waals surface area contributed by atoms with Gasteiger partial charge in [0.05, 0.1) is 7.11 Å². The van der Waals surface area contributed by atoms with E-state index in [0.29, 0.717) is 18.7 Å². The number of hydrogen-bond acceptors (Lipinski definition) is 3. The fourth-order valence-corrected chi connectivity index (χ4v) is 1.73. The first-order valence-electron chi connectivity index (χ1n) is 6.12. The number of ether oxygens (including phenoxy) is 1. The van der Waals surface area contributed by atoms with Crippen LogP contribution in [0.1, 0.15) is 12.0 Å². The summed E-state index contributed by atoms with van der Waals surface area (Å²) in [7, 11) is 1.63. The van der Waals surface area contributed by atoms with Crippen LogP contribution in [0.4, 0.5) is 5.82 Å². The number of nitrogens with one attached hydrogen (secondary N) is 1. The molecule has 1 aromatic heterocycles. The third-order valence-corrected chi connectivity index (χ3v) is 2.71. The molecule has 98 valence electrons. The van der Waals surface area contributed by atoms with Crippen LogP contribution in [0.15, 0.2) is 48.7 Å². The Morgan fingerprint density at radius 3 is 2.89 bits per heavy atom. The fraction of sp³-hybridized carbons (Fsp3) is 0.200. The van der Waals surface area contributed by atoms with Crippen LogP contribution in [0.25, 0.3) is 0 Å². The zero-order valence-corrected chi connectivity index (χ0v) is 10.8. The van der Waals surface area contributed by atoms with Gasteiger partial charge in [-0.25, -0.2) is 4.98 Å². The highest BCUT2D eigenvalue weighted by molar-refractivity contribution is 5.89. The second kappa shape index (κ2) is 6.54. The van der Waals surface area contributed by atoms with Crippen LogP contribution >= 0.6 is 0 Å². The molecule has 2 rings (SSSR count). The summed E-state index contributed by atoms with van der Waals surface area (Å²) in [6.45, 7) is 0. The standard InChI is InChI=1S/C15H16N2O2/c1-19-13-6-4-5-12(11-13)8-9-15(18)17-14-7-2-3-10-16-14/h2-7,10-11H,8-9H2,1H3,(H,16,17,18). The van der Waals surface area contributed by atoms with Crippen LogP contribution in [0.5, 0.6) is 5.75 Å². The molecular formula is C15H16N2O2. The SMILES string of the molecule is COc1cccc(CCC(=O)Nc2ccccn2)c1. The number of pyridine rings is 1. The highest BCUT2D eigenvalue weighted by atomic mass is 16.5.